The molecule has 0 fully saturated rings. The number of carbonyl (C=O) groups is 2. The molecule has 12 nitrogen and oxygen atoms in total. The molecule has 0 saturated heterocycles. The molecular formula is C52H86Cl2N8O4S2. The summed E-state index contributed by atoms with van der Waals surface area (Å²) < 4.78 is 10.2. The molecule has 1 N–H and O–H groups in total. The number of thioether (sulfide) groups is 2. The summed E-state index contributed by atoms with van der Waals surface area (Å²) in [5.41, 5.74) is 2.32. The van der Waals surface area contributed by atoms with Crippen molar-refractivity contribution in [2.24, 2.45) is 4.99 Å². The Hall–Kier alpha value is -2.55. The van der Waals surface area contributed by atoms with Gasteiger partial charge in [-0.1, -0.05) is 174 Å². The molecule has 0 aliphatic carbocycles. The number of aliphatic imine (C=N–C) groups is 1. The van der Waals surface area contributed by atoms with Crippen LogP contribution in [0.2, 0.25) is 5.28 Å². The van der Waals surface area contributed by atoms with Gasteiger partial charge in [-0.05, 0) is 57.6 Å². The van der Waals surface area contributed by atoms with E-state index in [0.29, 0.717) is 30.3 Å². The molecule has 3 aromatic heterocycles. The number of hydrogen-bond acceptors (Lipinski definition) is 11. The Bertz CT molecular complexity index is 1960. The van der Waals surface area contributed by atoms with Gasteiger partial charge in [0.2, 0.25) is 5.28 Å². The van der Waals surface area contributed by atoms with Crippen LogP contribution in [0.15, 0.2) is 10.0 Å². The minimum Gasteiger partial charge on any atom is -0.481 e. The summed E-state index contributed by atoms with van der Waals surface area (Å²) in [6.07, 6.45) is 32.9. The molecule has 16 heteroatoms. The number of aliphatic carboxylic acids is 1. The zero-order valence-electron chi connectivity index (χ0n) is 42.7. The summed E-state index contributed by atoms with van der Waals surface area (Å²) in [7, 11) is 1.97. The number of anilines is 1. The number of halogens is 2. The number of carboxylic acids is 1. The fourth-order valence-electron chi connectivity index (χ4n) is 9.01. The van der Waals surface area contributed by atoms with Gasteiger partial charge in [0, 0.05) is 43.5 Å². The molecule has 384 valence electrons. The summed E-state index contributed by atoms with van der Waals surface area (Å²) in [4.78, 5) is 48.6. The Labute approximate surface area is 428 Å². The van der Waals surface area contributed by atoms with Crippen molar-refractivity contribution in [1.29, 1.82) is 0 Å². The number of aryl methyl sites for hydroxylation is 3. The number of esters is 1. The van der Waals surface area contributed by atoms with E-state index < -0.39 is 11.6 Å². The van der Waals surface area contributed by atoms with Crippen LogP contribution in [0.5, 0.6) is 0 Å². The van der Waals surface area contributed by atoms with Crippen molar-refractivity contribution in [3.05, 3.63) is 22.6 Å². The smallest absolute Gasteiger partial charge is 0.305 e. The lowest BCUT2D eigenvalue weighted by molar-refractivity contribution is -0.144. The van der Waals surface area contributed by atoms with E-state index in [-0.39, 0.29) is 16.5 Å². The Morgan fingerprint density at radius 3 is 1.63 bits per heavy atom. The number of rotatable bonds is 38. The number of carbonyl (C=O) groups excluding carboxylic acids is 1. The molecule has 1 aliphatic rings. The van der Waals surface area contributed by atoms with Gasteiger partial charge in [-0.3, -0.25) is 9.59 Å². The van der Waals surface area contributed by atoms with Crippen LogP contribution in [0, 0.1) is 13.8 Å². The maximum Gasteiger partial charge on any atom is 0.305 e. The molecule has 0 spiro atoms. The van der Waals surface area contributed by atoms with Crippen LogP contribution in [-0.2, 0) is 27.4 Å². The normalized spacial score (nSPS) is 14.3. The number of hydrogen-bond donors (Lipinski definition) is 1. The van der Waals surface area contributed by atoms with E-state index in [2.05, 4.69) is 46.8 Å². The summed E-state index contributed by atoms with van der Waals surface area (Å²) in [6.45, 7) is 12.9. The van der Waals surface area contributed by atoms with Gasteiger partial charge in [0.1, 0.15) is 32.9 Å². The number of aromatic nitrogens is 6. The Morgan fingerprint density at radius 1 is 0.647 bits per heavy atom. The maximum absolute atomic E-state index is 12.5. The Kier molecular flexibility index (Phi) is 28.3. The first-order valence-corrected chi connectivity index (χ1v) is 29.1. The first-order valence-electron chi connectivity index (χ1n) is 26.5. The topological polar surface area (TPSA) is 141 Å². The van der Waals surface area contributed by atoms with Crippen LogP contribution in [0.4, 0.5) is 5.82 Å². The van der Waals surface area contributed by atoms with Crippen LogP contribution >= 0.6 is 46.7 Å². The van der Waals surface area contributed by atoms with E-state index in [4.69, 9.17) is 48.0 Å². The summed E-state index contributed by atoms with van der Waals surface area (Å²) >= 11 is 16.3. The number of imidazole rings is 2. The summed E-state index contributed by atoms with van der Waals surface area (Å²) in [5.74, 6) is 2.14. The zero-order valence-corrected chi connectivity index (χ0v) is 45.8. The highest BCUT2D eigenvalue weighted by molar-refractivity contribution is 8.14. The Morgan fingerprint density at radius 2 is 1.12 bits per heavy atom. The third kappa shape index (κ3) is 21.4. The lowest BCUT2D eigenvalue weighted by Gasteiger charge is -2.28. The van der Waals surface area contributed by atoms with Crippen molar-refractivity contribution < 1.29 is 19.4 Å². The second-order valence-electron chi connectivity index (χ2n) is 19.3. The van der Waals surface area contributed by atoms with Gasteiger partial charge in [0.25, 0.3) is 0 Å². The highest BCUT2D eigenvalue weighted by Crippen LogP contribution is 2.35. The highest BCUT2D eigenvalue weighted by Gasteiger charge is 2.31. The number of carboxylic acid groups (broad SMARTS) is 1. The van der Waals surface area contributed by atoms with Crippen LogP contribution < -0.4 is 4.90 Å². The minimum atomic E-state index is -0.682. The number of alkyl halides is 1. The van der Waals surface area contributed by atoms with Gasteiger partial charge in [-0.15, -0.1) is 23.5 Å². The van der Waals surface area contributed by atoms with Crippen molar-refractivity contribution in [3.8, 4) is 0 Å². The fraction of sp³-hybridized carbons (Fsp3) is 0.788. The van der Waals surface area contributed by atoms with Gasteiger partial charge in [-0.25, -0.2) is 19.9 Å². The number of unbranched alkanes of at least 4 members (excludes halogenated alkanes) is 24. The molecule has 4 heterocycles. The quantitative estimate of drug-likeness (QED) is 0.0112. The summed E-state index contributed by atoms with van der Waals surface area (Å²) in [6, 6.07) is 0. The summed E-state index contributed by atoms with van der Waals surface area (Å²) in [5, 5.41) is 11.4. The van der Waals surface area contributed by atoms with Crippen LogP contribution in [0.25, 0.3) is 11.2 Å². The van der Waals surface area contributed by atoms with Crippen LogP contribution in [-0.4, -0.2) is 80.9 Å². The molecule has 0 bridgehead atoms. The zero-order chi connectivity index (χ0) is 49.1. The number of fused-ring (bicyclic) bond motifs is 2. The third-order valence-corrected chi connectivity index (χ3v) is 15.6. The van der Waals surface area contributed by atoms with Crippen LogP contribution in [0.3, 0.4) is 0 Å². The minimum absolute atomic E-state index is 0.0976. The molecule has 0 saturated carbocycles. The van der Waals surface area contributed by atoms with Gasteiger partial charge in [0.05, 0.1) is 6.61 Å². The molecule has 4 rings (SSSR count). The second kappa shape index (κ2) is 33.2. The van der Waals surface area contributed by atoms with E-state index in [1.54, 1.807) is 23.5 Å². The van der Waals surface area contributed by atoms with E-state index in [1.165, 1.54) is 122 Å². The van der Waals surface area contributed by atoms with Gasteiger partial charge in [0.15, 0.2) is 17.1 Å². The van der Waals surface area contributed by atoms with E-state index in [0.717, 1.165) is 103 Å². The predicted molar refractivity (Wildman–Crippen MR) is 287 cm³/mol. The van der Waals surface area contributed by atoms with Gasteiger partial charge < -0.3 is 23.9 Å². The molecule has 1 aliphatic heterocycles. The first-order chi connectivity index (χ1) is 32.8. The van der Waals surface area contributed by atoms with E-state index >= 15 is 0 Å². The average molecular weight is 1020 g/mol. The van der Waals surface area contributed by atoms with Gasteiger partial charge >= 0.3 is 11.9 Å². The SMILES string of the molecule is Cc1nc2c(n1CCCCCCCCCCCCCCCC(=O)OCCC(C)Sc1nc(Cl)nc3nc(C)n(CCCCCCCCCCCCCCCC(=O)O)c13)C(SC(C)C)=NC(Cl)N2C. The lowest BCUT2D eigenvalue weighted by atomic mass is 10.0. The molecule has 0 radical (unpaired) electrons. The molecule has 2 atom stereocenters. The molecule has 0 aromatic carbocycles. The molecular weight excluding hydrogens is 936 g/mol. The highest BCUT2D eigenvalue weighted by atomic mass is 35.5. The van der Waals surface area contributed by atoms with Crippen molar-refractivity contribution in [3.63, 3.8) is 0 Å². The van der Waals surface area contributed by atoms with Crippen molar-refractivity contribution in [2.75, 3.05) is 18.6 Å². The van der Waals surface area contributed by atoms with E-state index in [9.17, 15) is 9.59 Å². The van der Waals surface area contributed by atoms with E-state index in [1.807, 2.05) is 18.9 Å². The van der Waals surface area contributed by atoms with Gasteiger partial charge in [-0.2, -0.15) is 4.98 Å². The largest absolute Gasteiger partial charge is 0.481 e. The fourth-order valence-corrected chi connectivity index (χ4v) is 11.4. The monoisotopic (exact) mass is 1020 g/mol. The second-order valence-corrected chi connectivity index (χ2v) is 23.0. The maximum atomic E-state index is 12.5. The molecule has 2 unspecified atom stereocenters. The van der Waals surface area contributed by atoms with Crippen molar-refractivity contribution in [2.45, 2.75) is 255 Å². The third-order valence-electron chi connectivity index (χ3n) is 12.9. The molecule has 3 aromatic rings. The molecule has 0 amide bonds. The average Bonchev–Trinajstić information content (AvgIpc) is 3.79. The lowest BCUT2D eigenvalue weighted by Crippen LogP contribution is -2.32. The predicted octanol–water partition coefficient (Wildman–Crippen LogP) is 15.3. The Balaban J connectivity index is 0.974. The first kappa shape index (κ1) is 58.0. The number of nitrogens with zero attached hydrogens (tertiary/aromatic N) is 8. The number of ether oxygens (including phenoxy) is 1. The standard InChI is InChI=1S/C52H86Cl2N8O4S2/c1-39(2)67-50-46-48(60(6)52(54)59-50)56-42(5)62(46)37-32-28-24-20-16-12-8-10-14-18-22-26-30-34-44(65)66-38-35-40(3)68-49-45-47(57-51(53)58-49)55-41(4)61(45)36-31-27-23-19-15-11-7-9-13-17-21-25-29-33-43(63)64/h39-40,52H,7-38H2,1-6H3,(H,63,64). The van der Waals surface area contributed by atoms with Crippen molar-refractivity contribution in [1.82, 2.24) is 29.1 Å². The van der Waals surface area contributed by atoms with Crippen LogP contribution in [0.1, 0.15) is 224 Å². The molecule has 68 heavy (non-hydrogen) atoms. The van der Waals surface area contributed by atoms with Crippen molar-refractivity contribution >= 4 is 80.7 Å².